The van der Waals surface area contributed by atoms with E-state index < -0.39 is 18.3 Å². The molecule has 230 valence electrons. The van der Waals surface area contributed by atoms with Gasteiger partial charge in [0.15, 0.2) is 0 Å². The molecule has 9 rings (SSSR count). The Bertz CT molecular complexity index is 2500. The van der Waals surface area contributed by atoms with E-state index in [1.165, 1.54) is 67.7 Å². The molecular formula is C43H33Cl3Zr. The van der Waals surface area contributed by atoms with E-state index in [9.17, 15) is 0 Å². The summed E-state index contributed by atoms with van der Waals surface area (Å²) in [5, 5.41) is 8.64. The molecule has 2 aliphatic rings. The number of hydrogen-bond acceptors (Lipinski definition) is 0. The van der Waals surface area contributed by atoms with E-state index in [2.05, 4.69) is 152 Å². The third-order valence-electron chi connectivity index (χ3n) is 10.7. The van der Waals surface area contributed by atoms with E-state index >= 15 is 0 Å². The first kappa shape index (κ1) is 32.0. The minimum absolute atomic E-state index is 0. The van der Waals surface area contributed by atoms with Crippen molar-refractivity contribution in [1.29, 1.82) is 0 Å². The molecule has 0 bridgehead atoms. The molecule has 0 N–H and O–H groups in total. The molecule has 7 aromatic carbocycles. The molecule has 4 heteroatoms. The van der Waals surface area contributed by atoms with Crippen LogP contribution in [0.5, 0.6) is 0 Å². The number of fused-ring (bicyclic) bond motifs is 9. The van der Waals surface area contributed by atoms with Gasteiger partial charge in [-0.05, 0) is 0 Å². The molecule has 0 amide bonds. The Morgan fingerprint density at radius 3 is 2.02 bits per heavy atom. The van der Waals surface area contributed by atoms with Crippen molar-refractivity contribution in [3.05, 3.63) is 171 Å². The van der Waals surface area contributed by atoms with Gasteiger partial charge < -0.3 is 0 Å². The van der Waals surface area contributed by atoms with Crippen LogP contribution in [-0.4, -0.2) is 4.21 Å². The van der Waals surface area contributed by atoms with Crippen molar-refractivity contribution < 1.29 is 18.3 Å². The average Bonchev–Trinajstić information content (AvgIpc) is 3.78. The SMILES string of the molecule is Cl.Cl.[CH2]=[Zr]([C]1=CC=CC1)([c]1ccc(Cl)cc1)([c]1cccc2ccccc12)[c]1cccc2c1c1c(c3ccccc32)-c2ccccc2C1. The Labute approximate surface area is 293 Å². The Morgan fingerprint density at radius 1 is 0.596 bits per heavy atom. The van der Waals surface area contributed by atoms with Gasteiger partial charge in [-0.1, -0.05) is 0 Å². The number of halogens is 3. The Balaban J connectivity index is 0.00000176. The average molecular weight is 747 g/mol. The van der Waals surface area contributed by atoms with Gasteiger partial charge in [-0.15, -0.1) is 24.8 Å². The third-order valence-corrected chi connectivity index (χ3v) is 27.3. The van der Waals surface area contributed by atoms with Gasteiger partial charge in [-0.25, -0.2) is 0 Å². The normalized spacial score (nSPS) is 13.6. The summed E-state index contributed by atoms with van der Waals surface area (Å²) in [6.07, 6.45) is 8.77. The van der Waals surface area contributed by atoms with Crippen LogP contribution in [-0.2, 0) is 24.7 Å². The van der Waals surface area contributed by atoms with Crippen LogP contribution in [0.15, 0.2) is 155 Å². The summed E-state index contributed by atoms with van der Waals surface area (Å²) in [6, 6.07) is 49.5. The second-order valence-electron chi connectivity index (χ2n) is 12.8. The number of rotatable bonds is 4. The summed E-state index contributed by atoms with van der Waals surface area (Å²) >= 11 is 1.60. The summed E-state index contributed by atoms with van der Waals surface area (Å²) in [5.74, 6) is 0. The maximum absolute atomic E-state index is 6.62. The molecule has 0 spiro atoms. The third kappa shape index (κ3) is 4.34. The monoisotopic (exact) mass is 744 g/mol. The fourth-order valence-corrected chi connectivity index (χ4v) is 24.8. The van der Waals surface area contributed by atoms with Crippen molar-refractivity contribution in [3.8, 4) is 11.1 Å². The predicted molar refractivity (Wildman–Crippen MR) is 207 cm³/mol. The van der Waals surface area contributed by atoms with E-state index in [4.69, 9.17) is 15.8 Å². The summed E-state index contributed by atoms with van der Waals surface area (Å²) in [7, 11) is 0. The van der Waals surface area contributed by atoms with Crippen molar-refractivity contribution >= 4 is 82.8 Å². The topological polar surface area (TPSA) is 0 Å². The molecule has 0 aromatic heterocycles. The van der Waals surface area contributed by atoms with Gasteiger partial charge in [0.1, 0.15) is 0 Å². The van der Waals surface area contributed by atoms with Gasteiger partial charge in [0.2, 0.25) is 0 Å². The molecule has 0 aliphatic heterocycles. The standard InChI is InChI=1S/C21H13.C10H7.C6H4Cl.C5H5.CH2.2ClH.Zr/c1-2-8-15-14(7-1)13-20-18-11-4-3-9-16(18)17-10-5-6-12-19(17)21(15)20;1-2-6-10-8-4-3-7-9(10)5-1;7-6-4-2-1-3-5-6;1-2-4-5-3-1;;;;/h1-10,12H,13H2;1-7H;2-5H;1-3H,4H2;1H2;2*1H;. The van der Waals surface area contributed by atoms with Gasteiger partial charge >= 0.3 is 271 Å². The maximum atomic E-state index is 6.62. The first-order valence-corrected chi connectivity index (χ1v) is 22.8. The molecule has 47 heavy (non-hydrogen) atoms. The summed E-state index contributed by atoms with van der Waals surface area (Å²) < 4.78 is 11.3. The predicted octanol–water partition coefficient (Wildman–Crippen LogP) is 10.5. The van der Waals surface area contributed by atoms with Crippen LogP contribution in [0.2, 0.25) is 5.02 Å². The van der Waals surface area contributed by atoms with Crippen LogP contribution < -0.4 is 9.81 Å². The van der Waals surface area contributed by atoms with Gasteiger partial charge in [0, 0.05) is 0 Å². The van der Waals surface area contributed by atoms with Crippen LogP contribution in [0.25, 0.3) is 43.4 Å². The molecule has 7 aromatic rings. The summed E-state index contributed by atoms with van der Waals surface area (Å²) in [4.78, 5) is 0. The quantitative estimate of drug-likeness (QED) is 0.157. The van der Waals surface area contributed by atoms with Crippen LogP contribution >= 0.6 is 36.4 Å². The Morgan fingerprint density at radius 2 is 1.23 bits per heavy atom. The van der Waals surface area contributed by atoms with E-state index in [0.717, 1.165) is 17.9 Å². The molecule has 0 unspecified atom stereocenters. The van der Waals surface area contributed by atoms with Crippen LogP contribution in [0.1, 0.15) is 17.5 Å². The van der Waals surface area contributed by atoms with Crippen LogP contribution in [0.4, 0.5) is 0 Å². The summed E-state index contributed by atoms with van der Waals surface area (Å²) in [6.45, 7) is 0. The van der Waals surface area contributed by atoms with Gasteiger partial charge in [0.25, 0.3) is 0 Å². The number of allylic oxidation sites excluding steroid dienone is 4. The molecule has 0 atom stereocenters. The zero-order valence-electron chi connectivity index (χ0n) is 25.7. The molecular weight excluding hydrogens is 714 g/mol. The van der Waals surface area contributed by atoms with Crippen molar-refractivity contribution in [2.45, 2.75) is 12.8 Å². The second-order valence-corrected chi connectivity index (χ2v) is 26.0. The van der Waals surface area contributed by atoms with Crippen molar-refractivity contribution in [2.75, 3.05) is 0 Å². The first-order chi connectivity index (χ1) is 22.1. The zero-order chi connectivity index (χ0) is 30.2. The fraction of sp³-hybridized carbons (Fsp3) is 0.0465. The zero-order valence-corrected chi connectivity index (χ0v) is 30.6. The molecule has 0 fully saturated rings. The van der Waals surface area contributed by atoms with Gasteiger partial charge in [-0.2, -0.15) is 0 Å². The van der Waals surface area contributed by atoms with Gasteiger partial charge in [0.05, 0.1) is 0 Å². The molecule has 0 heterocycles. The second kappa shape index (κ2) is 11.8. The van der Waals surface area contributed by atoms with E-state index in [1.54, 1.807) is 0 Å². The minimum atomic E-state index is -5.02. The number of benzene rings is 7. The first-order valence-electron chi connectivity index (χ1n) is 15.8. The molecule has 0 radical (unpaired) electrons. The van der Waals surface area contributed by atoms with E-state index in [1.807, 2.05) is 0 Å². The van der Waals surface area contributed by atoms with E-state index in [-0.39, 0.29) is 24.8 Å². The van der Waals surface area contributed by atoms with Crippen molar-refractivity contribution in [1.82, 2.24) is 0 Å². The van der Waals surface area contributed by atoms with Gasteiger partial charge in [-0.3, -0.25) is 0 Å². The molecule has 2 aliphatic carbocycles. The Hall–Kier alpha value is -3.58. The van der Waals surface area contributed by atoms with E-state index in [0.29, 0.717) is 0 Å². The number of hydrogen-bond donors (Lipinski definition) is 0. The van der Waals surface area contributed by atoms with Crippen LogP contribution in [0.3, 0.4) is 0 Å². The van der Waals surface area contributed by atoms with Crippen molar-refractivity contribution in [2.24, 2.45) is 0 Å². The van der Waals surface area contributed by atoms with Crippen LogP contribution in [0, 0.1) is 0 Å². The Kier molecular flexibility index (Phi) is 8.06. The molecule has 0 nitrogen and oxygen atoms in total. The molecule has 0 saturated carbocycles. The fourth-order valence-electron chi connectivity index (χ4n) is 8.75. The molecule has 0 saturated heterocycles. The summed E-state index contributed by atoms with van der Waals surface area (Å²) in [5.41, 5.74) is 5.58. The van der Waals surface area contributed by atoms with Crippen molar-refractivity contribution in [3.63, 3.8) is 0 Å².